The van der Waals surface area contributed by atoms with Crippen molar-refractivity contribution in [1.82, 2.24) is 10.2 Å². The molecule has 6 heteroatoms. The molecule has 0 unspecified atom stereocenters. The Morgan fingerprint density at radius 2 is 1.74 bits per heavy atom. The van der Waals surface area contributed by atoms with E-state index in [1.54, 1.807) is 0 Å². The zero-order valence-corrected chi connectivity index (χ0v) is 16.7. The van der Waals surface area contributed by atoms with Gasteiger partial charge in [0.25, 0.3) is 5.22 Å². The van der Waals surface area contributed by atoms with Gasteiger partial charge < -0.3 is 9.73 Å². The predicted molar refractivity (Wildman–Crippen MR) is 109 cm³/mol. The van der Waals surface area contributed by atoms with Crippen LogP contribution in [0.4, 0.5) is 5.69 Å². The quantitative estimate of drug-likeness (QED) is 0.588. The monoisotopic (exact) mass is 381 g/mol. The molecule has 27 heavy (non-hydrogen) atoms. The summed E-state index contributed by atoms with van der Waals surface area (Å²) in [7, 11) is 0. The smallest absolute Gasteiger partial charge is 0.277 e. The Morgan fingerprint density at radius 1 is 1.04 bits per heavy atom. The Balaban J connectivity index is 1.66. The van der Waals surface area contributed by atoms with Crippen molar-refractivity contribution >= 4 is 23.4 Å². The van der Waals surface area contributed by atoms with Crippen molar-refractivity contribution in [2.45, 2.75) is 44.1 Å². The molecule has 1 aromatic heterocycles. The van der Waals surface area contributed by atoms with Crippen molar-refractivity contribution in [2.75, 3.05) is 5.32 Å². The van der Waals surface area contributed by atoms with Crippen LogP contribution in [-0.4, -0.2) is 21.4 Å². The Hall–Kier alpha value is -2.60. The number of amides is 1. The Kier molecular flexibility index (Phi) is 5.96. The molecule has 0 saturated carbocycles. The molecule has 0 fully saturated rings. The third-order valence-corrected chi connectivity index (χ3v) is 5.13. The third-order valence-electron chi connectivity index (χ3n) is 4.19. The minimum absolute atomic E-state index is 0.0943. The lowest BCUT2D eigenvalue weighted by Crippen LogP contribution is -2.23. The molecule has 0 radical (unpaired) electrons. The van der Waals surface area contributed by atoms with E-state index in [0.717, 1.165) is 16.8 Å². The van der Waals surface area contributed by atoms with Crippen LogP contribution in [0.2, 0.25) is 0 Å². The van der Waals surface area contributed by atoms with E-state index in [2.05, 4.69) is 29.4 Å². The second-order valence-corrected chi connectivity index (χ2v) is 8.02. The number of carbonyl (C=O) groups is 1. The topological polar surface area (TPSA) is 68.0 Å². The molecule has 1 atom stereocenters. The molecular formula is C21H23N3O2S. The SMILES string of the molecule is Cc1ccc(-c2nnc(S[C@@H](C)C(=O)Nc3ccccc3C(C)C)o2)cc1. The summed E-state index contributed by atoms with van der Waals surface area (Å²) in [4.78, 5) is 12.6. The number of rotatable bonds is 6. The number of benzene rings is 2. The highest BCUT2D eigenvalue weighted by molar-refractivity contribution is 8.00. The summed E-state index contributed by atoms with van der Waals surface area (Å²) in [6.45, 7) is 8.06. The molecule has 0 aliphatic carbocycles. The van der Waals surface area contributed by atoms with Gasteiger partial charge >= 0.3 is 0 Å². The van der Waals surface area contributed by atoms with Gasteiger partial charge in [-0.2, -0.15) is 0 Å². The zero-order chi connectivity index (χ0) is 19.4. The second kappa shape index (κ2) is 8.39. The first-order chi connectivity index (χ1) is 12.9. The van der Waals surface area contributed by atoms with Crippen LogP contribution in [0.25, 0.3) is 11.5 Å². The highest BCUT2D eigenvalue weighted by Crippen LogP contribution is 2.28. The first-order valence-corrected chi connectivity index (χ1v) is 9.79. The Morgan fingerprint density at radius 3 is 2.44 bits per heavy atom. The van der Waals surface area contributed by atoms with Gasteiger partial charge in [-0.1, -0.05) is 61.5 Å². The van der Waals surface area contributed by atoms with E-state index in [9.17, 15) is 4.79 Å². The van der Waals surface area contributed by atoms with Crippen molar-refractivity contribution in [3.8, 4) is 11.5 Å². The molecule has 1 amide bonds. The van der Waals surface area contributed by atoms with E-state index in [1.165, 1.54) is 17.3 Å². The summed E-state index contributed by atoms with van der Waals surface area (Å²) in [5, 5.41) is 11.2. The lowest BCUT2D eigenvalue weighted by Gasteiger charge is -2.15. The molecule has 140 valence electrons. The van der Waals surface area contributed by atoms with Crippen LogP contribution in [0.15, 0.2) is 58.2 Å². The first kappa shape index (κ1) is 19.2. The minimum Gasteiger partial charge on any atom is -0.411 e. The summed E-state index contributed by atoms with van der Waals surface area (Å²) < 4.78 is 5.70. The summed E-state index contributed by atoms with van der Waals surface area (Å²) in [5.41, 5.74) is 3.99. The number of thioether (sulfide) groups is 1. The Bertz CT molecular complexity index is 919. The predicted octanol–water partition coefficient (Wildman–Crippen LogP) is 5.29. The molecule has 0 aliphatic rings. The third kappa shape index (κ3) is 4.77. The summed E-state index contributed by atoms with van der Waals surface area (Å²) >= 11 is 1.25. The van der Waals surface area contributed by atoms with E-state index < -0.39 is 0 Å². The number of carbonyl (C=O) groups excluding carboxylic acids is 1. The zero-order valence-electron chi connectivity index (χ0n) is 15.9. The van der Waals surface area contributed by atoms with Crippen molar-refractivity contribution in [3.63, 3.8) is 0 Å². The molecule has 1 N–H and O–H groups in total. The van der Waals surface area contributed by atoms with Gasteiger partial charge in [0.05, 0.1) is 5.25 Å². The standard InChI is InChI=1S/C21H23N3O2S/c1-13(2)17-7-5-6-8-18(17)22-19(25)15(4)27-21-24-23-20(26-21)16-11-9-14(3)10-12-16/h5-13,15H,1-4H3,(H,22,25)/t15-/m0/s1. The number of hydrogen-bond acceptors (Lipinski definition) is 5. The lowest BCUT2D eigenvalue weighted by atomic mass is 10.0. The van der Waals surface area contributed by atoms with E-state index in [-0.39, 0.29) is 11.2 Å². The number of hydrogen-bond donors (Lipinski definition) is 1. The maximum absolute atomic E-state index is 12.6. The highest BCUT2D eigenvalue weighted by Gasteiger charge is 2.20. The summed E-state index contributed by atoms with van der Waals surface area (Å²) in [5.74, 6) is 0.691. The van der Waals surface area contributed by atoms with E-state index in [0.29, 0.717) is 17.0 Å². The molecule has 5 nitrogen and oxygen atoms in total. The van der Waals surface area contributed by atoms with Crippen molar-refractivity contribution in [1.29, 1.82) is 0 Å². The van der Waals surface area contributed by atoms with Gasteiger partial charge in [0.1, 0.15) is 0 Å². The maximum Gasteiger partial charge on any atom is 0.277 e. The number of para-hydroxylation sites is 1. The van der Waals surface area contributed by atoms with Gasteiger partial charge in [-0.15, -0.1) is 10.2 Å². The van der Waals surface area contributed by atoms with Gasteiger partial charge in [-0.3, -0.25) is 4.79 Å². The minimum atomic E-state index is -0.364. The summed E-state index contributed by atoms with van der Waals surface area (Å²) in [6, 6.07) is 15.7. The molecule has 0 saturated heterocycles. The fraction of sp³-hybridized carbons (Fsp3) is 0.286. The van der Waals surface area contributed by atoms with E-state index in [4.69, 9.17) is 4.42 Å². The molecule has 1 heterocycles. The average molecular weight is 382 g/mol. The van der Waals surface area contributed by atoms with Crippen LogP contribution < -0.4 is 5.32 Å². The molecule has 0 aliphatic heterocycles. The van der Waals surface area contributed by atoms with Crippen molar-refractivity contribution in [3.05, 3.63) is 59.7 Å². The molecule has 3 rings (SSSR count). The fourth-order valence-corrected chi connectivity index (χ4v) is 3.31. The van der Waals surface area contributed by atoms with Gasteiger partial charge in [-0.25, -0.2) is 0 Å². The number of aryl methyl sites for hydroxylation is 1. The van der Waals surface area contributed by atoms with Crippen molar-refractivity contribution < 1.29 is 9.21 Å². The second-order valence-electron chi connectivity index (χ2n) is 6.73. The van der Waals surface area contributed by atoms with Crippen LogP contribution in [-0.2, 0) is 4.79 Å². The maximum atomic E-state index is 12.6. The van der Waals surface area contributed by atoms with Crippen molar-refractivity contribution in [2.24, 2.45) is 0 Å². The normalized spacial score (nSPS) is 12.2. The lowest BCUT2D eigenvalue weighted by molar-refractivity contribution is -0.115. The molecular weight excluding hydrogens is 358 g/mol. The van der Waals surface area contributed by atoms with Crippen LogP contribution >= 0.6 is 11.8 Å². The van der Waals surface area contributed by atoms with Crippen LogP contribution in [0.1, 0.15) is 37.8 Å². The van der Waals surface area contributed by atoms with Gasteiger partial charge in [0.15, 0.2) is 0 Å². The summed E-state index contributed by atoms with van der Waals surface area (Å²) in [6.07, 6.45) is 0. The average Bonchev–Trinajstić information content (AvgIpc) is 3.11. The van der Waals surface area contributed by atoms with Gasteiger partial charge in [0.2, 0.25) is 11.8 Å². The molecule has 2 aromatic carbocycles. The molecule has 0 spiro atoms. The number of anilines is 1. The highest BCUT2D eigenvalue weighted by atomic mass is 32.2. The van der Waals surface area contributed by atoms with E-state index in [1.807, 2.05) is 62.4 Å². The van der Waals surface area contributed by atoms with Crippen LogP contribution in [0.5, 0.6) is 0 Å². The largest absolute Gasteiger partial charge is 0.411 e. The Labute approximate surface area is 163 Å². The molecule has 3 aromatic rings. The van der Waals surface area contributed by atoms with Crippen LogP contribution in [0.3, 0.4) is 0 Å². The number of aromatic nitrogens is 2. The van der Waals surface area contributed by atoms with Gasteiger partial charge in [-0.05, 0) is 43.5 Å². The number of nitrogens with one attached hydrogen (secondary N) is 1. The first-order valence-electron chi connectivity index (χ1n) is 8.91. The van der Waals surface area contributed by atoms with Crippen LogP contribution in [0, 0.1) is 6.92 Å². The fourth-order valence-electron chi connectivity index (χ4n) is 2.62. The van der Waals surface area contributed by atoms with Gasteiger partial charge in [0, 0.05) is 11.3 Å². The van der Waals surface area contributed by atoms with E-state index >= 15 is 0 Å². The number of nitrogens with zero attached hydrogens (tertiary/aromatic N) is 2. The molecule has 0 bridgehead atoms.